The second-order valence-electron chi connectivity index (χ2n) is 4.84. The summed E-state index contributed by atoms with van der Waals surface area (Å²) in [5.74, 6) is 0.723. The molecule has 106 valence electrons. The first-order valence-corrected chi connectivity index (χ1v) is 6.80. The molecular weight excluding hydrogens is 254 g/mol. The molecule has 0 saturated carbocycles. The van der Waals surface area contributed by atoms with Crippen molar-refractivity contribution in [2.24, 2.45) is 0 Å². The maximum absolute atomic E-state index is 11.9. The van der Waals surface area contributed by atoms with Crippen LogP contribution in [0.1, 0.15) is 24.0 Å². The van der Waals surface area contributed by atoms with Gasteiger partial charge in [-0.25, -0.2) is 0 Å². The molecule has 5 heteroatoms. The predicted molar refractivity (Wildman–Crippen MR) is 75.2 cm³/mol. The fourth-order valence-electron chi connectivity index (χ4n) is 2.33. The van der Waals surface area contributed by atoms with Crippen LogP contribution < -0.4 is 10.1 Å². The largest absolute Gasteiger partial charge is 0.495 e. The van der Waals surface area contributed by atoms with Gasteiger partial charge in [0, 0.05) is 19.6 Å². The van der Waals surface area contributed by atoms with Crippen molar-refractivity contribution in [3.8, 4) is 11.8 Å². The molecular formula is C15H19N3O2. The molecule has 5 nitrogen and oxygen atoms in total. The van der Waals surface area contributed by atoms with Crippen molar-refractivity contribution < 1.29 is 9.53 Å². The highest BCUT2D eigenvalue weighted by Gasteiger charge is 2.16. The van der Waals surface area contributed by atoms with Crippen LogP contribution in [0, 0.1) is 11.3 Å². The number of hydrogen-bond acceptors (Lipinski definition) is 4. The third-order valence-corrected chi connectivity index (χ3v) is 3.45. The minimum absolute atomic E-state index is 0.156. The zero-order valence-electron chi connectivity index (χ0n) is 11.7. The standard InChI is InChI=1S/C15H19N3O2/c1-20-14-8-12(4-5-13(14)9-16)10-17-11-15(19)18-6-2-3-7-18/h4-5,8,17H,2-3,6-7,10-11H2,1H3. The zero-order chi connectivity index (χ0) is 14.4. The third kappa shape index (κ3) is 3.49. The van der Waals surface area contributed by atoms with Crippen LogP contribution in [0.15, 0.2) is 18.2 Å². The second kappa shape index (κ2) is 6.92. The lowest BCUT2D eigenvalue weighted by atomic mass is 10.1. The molecule has 0 spiro atoms. The van der Waals surface area contributed by atoms with Crippen LogP contribution in [0.2, 0.25) is 0 Å². The number of rotatable bonds is 5. The van der Waals surface area contributed by atoms with Gasteiger partial charge < -0.3 is 15.0 Å². The number of benzene rings is 1. The lowest BCUT2D eigenvalue weighted by Crippen LogP contribution is -2.35. The Bertz CT molecular complexity index is 516. The normalized spacial score (nSPS) is 14.1. The smallest absolute Gasteiger partial charge is 0.236 e. The highest BCUT2D eigenvalue weighted by Crippen LogP contribution is 2.19. The number of amides is 1. The molecule has 0 bridgehead atoms. The van der Waals surface area contributed by atoms with Gasteiger partial charge in [0.25, 0.3) is 0 Å². The van der Waals surface area contributed by atoms with Crippen molar-refractivity contribution in [3.05, 3.63) is 29.3 Å². The summed E-state index contributed by atoms with van der Waals surface area (Å²) >= 11 is 0. The van der Waals surface area contributed by atoms with E-state index < -0.39 is 0 Å². The summed E-state index contributed by atoms with van der Waals surface area (Å²) < 4.78 is 5.16. The van der Waals surface area contributed by atoms with E-state index in [2.05, 4.69) is 11.4 Å². The van der Waals surface area contributed by atoms with E-state index in [1.54, 1.807) is 13.2 Å². The Labute approximate surface area is 119 Å². The molecule has 1 aromatic carbocycles. The number of methoxy groups -OCH3 is 1. The van der Waals surface area contributed by atoms with Crippen molar-refractivity contribution in [2.75, 3.05) is 26.7 Å². The maximum atomic E-state index is 11.9. The predicted octanol–water partition coefficient (Wildman–Crippen LogP) is 1.28. The lowest BCUT2D eigenvalue weighted by Gasteiger charge is -2.15. The Morgan fingerprint density at radius 3 is 2.85 bits per heavy atom. The van der Waals surface area contributed by atoms with Crippen LogP contribution in [0.3, 0.4) is 0 Å². The summed E-state index contributed by atoms with van der Waals surface area (Å²) in [6, 6.07) is 7.51. The molecule has 0 aliphatic carbocycles. The van der Waals surface area contributed by atoms with E-state index in [1.807, 2.05) is 17.0 Å². The van der Waals surface area contributed by atoms with E-state index in [9.17, 15) is 4.79 Å². The second-order valence-corrected chi connectivity index (χ2v) is 4.84. The van der Waals surface area contributed by atoms with Crippen LogP contribution in [0.25, 0.3) is 0 Å². The first-order chi connectivity index (χ1) is 9.74. The minimum Gasteiger partial charge on any atom is -0.495 e. The fraction of sp³-hybridized carbons (Fsp3) is 0.467. The van der Waals surface area contributed by atoms with Gasteiger partial charge in [-0.3, -0.25) is 4.79 Å². The average Bonchev–Trinajstić information content (AvgIpc) is 3.01. The van der Waals surface area contributed by atoms with Crippen LogP contribution in [0.5, 0.6) is 5.75 Å². The first-order valence-electron chi connectivity index (χ1n) is 6.80. The van der Waals surface area contributed by atoms with Gasteiger partial charge in [-0.05, 0) is 30.5 Å². The van der Waals surface area contributed by atoms with Gasteiger partial charge >= 0.3 is 0 Å². The molecule has 1 fully saturated rings. The lowest BCUT2D eigenvalue weighted by molar-refractivity contribution is -0.129. The van der Waals surface area contributed by atoms with Gasteiger partial charge in [0.05, 0.1) is 19.2 Å². The molecule has 1 aromatic rings. The van der Waals surface area contributed by atoms with Gasteiger partial charge in [0.2, 0.25) is 5.91 Å². The average molecular weight is 273 g/mol. The van der Waals surface area contributed by atoms with Crippen LogP contribution in [-0.2, 0) is 11.3 Å². The van der Waals surface area contributed by atoms with Crippen LogP contribution in [-0.4, -0.2) is 37.6 Å². The van der Waals surface area contributed by atoms with E-state index in [-0.39, 0.29) is 5.91 Å². The highest BCUT2D eigenvalue weighted by molar-refractivity contribution is 5.78. The number of nitrogens with one attached hydrogen (secondary N) is 1. The molecule has 1 N–H and O–H groups in total. The van der Waals surface area contributed by atoms with Crippen molar-refractivity contribution in [3.63, 3.8) is 0 Å². The van der Waals surface area contributed by atoms with Gasteiger partial charge in [0.1, 0.15) is 11.8 Å². The summed E-state index contributed by atoms with van der Waals surface area (Å²) in [7, 11) is 1.55. The Balaban J connectivity index is 1.85. The molecule has 0 aromatic heterocycles. The summed E-state index contributed by atoms with van der Waals surface area (Å²) in [4.78, 5) is 13.7. The van der Waals surface area contributed by atoms with Crippen molar-refractivity contribution in [1.29, 1.82) is 5.26 Å². The number of hydrogen-bond donors (Lipinski definition) is 1. The number of nitrogens with zero attached hydrogens (tertiary/aromatic N) is 2. The van der Waals surface area contributed by atoms with Crippen molar-refractivity contribution >= 4 is 5.91 Å². The molecule has 1 aliphatic heterocycles. The Morgan fingerprint density at radius 2 is 2.20 bits per heavy atom. The van der Waals surface area contributed by atoms with Crippen LogP contribution in [0.4, 0.5) is 0 Å². The molecule has 0 unspecified atom stereocenters. The SMILES string of the molecule is COc1cc(CNCC(=O)N2CCCC2)ccc1C#N. The Hall–Kier alpha value is -2.06. The summed E-state index contributed by atoms with van der Waals surface area (Å²) in [5, 5.41) is 12.1. The molecule has 0 atom stereocenters. The first kappa shape index (κ1) is 14.4. The van der Waals surface area contributed by atoms with E-state index in [0.717, 1.165) is 31.5 Å². The molecule has 1 heterocycles. The summed E-state index contributed by atoms with van der Waals surface area (Å²) in [5.41, 5.74) is 1.51. The third-order valence-electron chi connectivity index (χ3n) is 3.45. The van der Waals surface area contributed by atoms with Gasteiger partial charge in [0.15, 0.2) is 0 Å². The van der Waals surface area contributed by atoms with E-state index >= 15 is 0 Å². The van der Waals surface area contributed by atoms with E-state index in [1.165, 1.54) is 0 Å². The number of ether oxygens (including phenoxy) is 1. The number of likely N-dealkylation sites (tertiary alicyclic amines) is 1. The van der Waals surface area contributed by atoms with Crippen molar-refractivity contribution in [1.82, 2.24) is 10.2 Å². The topological polar surface area (TPSA) is 65.4 Å². The van der Waals surface area contributed by atoms with Gasteiger partial charge in [-0.1, -0.05) is 6.07 Å². The summed E-state index contributed by atoms with van der Waals surface area (Å²) in [6.45, 7) is 2.69. The monoisotopic (exact) mass is 273 g/mol. The molecule has 0 radical (unpaired) electrons. The van der Waals surface area contributed by atoms with Gasteiger partial charge in [-0.15, -0.1) is 0 Å². The summed E-state index contributed by atoms with van der Waals surface area (Å²) in [6.07, 6.45) is 2.22. The number of carbonyl (C=O) groups is 1. The van der Waals surface area contributed by atoms with Crippen molar-refractivity contribution in [2.45, 2.75) is 19.4 Å². The number of nitriles is 1. The van der Waals surface area contributed by atoms with E-state index in [4.69, 9.17) is 10.00 Å². The Kier molecular flexibility index (Phi) is 4.97. The molecule has 1 aliphatic rings. The van der Waals surface area contributed by atoms with Gasteiger partial charge in [-0.2, -0.15) is 5.26 Å². The zero-order valence-corrected chi connectivity index (χ0v) is 11.7. The minimum atomic E-state index is 0.156. The number of carbonyl (C=O) groups excluding carboxylic acids is 1. The molecule has 1 saturated heterocycles. The molecule has 2 rings (SSSR count). The highest BCUT2D eigenvalue weighted by atomic mass is 16.5. The quantitative estimate of drug-likeness (QED) is 0.877. The maximum Gasteiger partial charge on any atom is 0.236 e. The Morgan fingerprint density at radius 1 is 1.45 bits per heavy atom. The fourth-order valence-corrected chi connectivity index (χ4v) is 2.33. The molecule has 20 heavy (non-hydrogen) atoms. The van der Waals surface area contributed by atoms with Crippen LogP contribution >= 0.6 is 0 Å². The van der Waals surface area contributed by atoms with E-state index in [0.29, 0.717) is 24.4 Å². The molecule has 1 amide bonds.